The van der Waals surface area contributed by atoms with Crippen LogP contribution in [0.1, 0.15) is 0 Å². The Morgan fingerprint density at radius 3 is 1.83 bits per heavy atom. The number of ether oxygens (including phenoxy) is 1. The van der Waals surface area contributed by atoms with Crippen molar-refractivity contribution >= 4 is 48.1 Å². The van der Waals surface area contributed by atoms with Crippen molar-refractivity contribution in [1.82, 2.24) is 0 Å². The van der Waals surface area contributed by atoms with E-state index < -0.39 is 47.6 Å². The van der Waals surface area contributed by atoms with E-state index >= 15 is 0 Å². The average Bonchev–Trinajstić information content (AvgIpc) is 2.18. The normalized spacial score (nSPS) is 36.1. The number of aliphatic hydroxyl groups is 4. The minimum Gasteiger partial charge on any atom is -0.394 e. The van der Waals surface area contributed by atoms with Crippen LogP contribution < -0.4 is 5.73 Å². The standard InChI is InChI=1S/C6H13NO5.Ca.H2O4S/c7-3-5(10)4(9)2(1-8)12-6(3)11;;1-5(2,3)4/h2-6,8-11H,1,7H2;;(H2,1,2,3,4)/q;+2;/t2-,3-,4-,5-,6-;;/m1../s1. The summed E-state index contributed by atoms with van der Waals surface area (Å²) in [5, 5.41) is 36.1. The molecule has 18 heavy (non-hydrogen) atoms. The maximum Gasteiger partial charge on any atom is 2.00 e. The van der Waals surface area contributed by atoms with Gasteiger partial charge in [-0.05, 0) is 0 Å². The first kappa shape index (κ1) is 21.2. The molecule has 0 aromatic heterocycles. The van der Waals surface area contributed by atoms with Gasteiger partial charge in [-0.1, -0.05) is 0 Å². The molecule has 1 fully saturated rings. The molecule has 0 amide bonds. The van der Waals surface area contributed by atoms with Gasteiger partial charge in [0.15, 0.2) is 6.29 Å². The van der Waals surface area contributed by atoms with Gasteiger partial charge in [0.1, 0.15) is 18.3 Å². The van der Waals surface area contributed by atoms with Gasteiger partial charge in [0, 0.05) is 0 Å². The Morgan fingerprint density at radius 1 is 1.11 bits per heavy atom. The maximum atomic E-state index is 9.20. The van der Waals surface area contributed by atoms with Gasteiger partial charge < -0.3 is 30.9 Å². The van der Waals surface area contributed by atoms with Crippen LogP contribution in [0.25, 0.3) is 0 Å². The fourth-order valence-electron chi connectivity index (χ4n) is 1.12. The summed E-state index contributed by atoms with van der Waals surface area (Å²) in [5.41, 5.74) is 5.26. The molecular formula is C6H15CaNO9S+2. The molecule has 0 saturated carbocycles. The molecule has 1 saturated heterocycles. The fraction of sp³-hybridized carbons (Fsp3) is 1.00. The monoisotopic (exact) mass is 317 g/mol. The zero-order valence-electron chi connectivity index (χ0n) is 9.19. The van der Waals surface area contributed by atoms with E-state index in [2.05, 4.69) is 0 Å². The van der Waals surface area contributed by atoms with Crippen molar-refractivity contribution in [3.8, 4) is 0 Å². The Morgan fingerprint density at radius 2 is 1.50 bits per heavy atom. The molecule has 12 heteroatoms. The Labute approximate surface area is 133 Å². The van der Waals surface area contributed by atoms with Crippen LogP contribution in [0.5, 0.6) is 0 Å². The second-order valence-corrected chi connectivity index (χ2v) is 4.15. The molecule has 1 rings (SSSR count). The van der Waals surface area contributed by atoms with Crippen LogP contribution in [0, 0.1) is 0 Å². The second kappa shape index (κ2) is 8.94. The summed E-state index contributed by atoms with van der Waals surface area (Å²) >= 11 is 0. The van der Waals surface area contributed by atoms with Crippen molar-refractivity contribution in [1.29, 1.82) is 0 Å². The van der Waals surface area contributed by atoms with Crippen molar-refractivity contribution in [2.24, 2.45) is 5.73 Å². The van der Waals surface area contributed by atoms with Crippen LogP contribution in [0.2, 0.25) is 0 Å². The largest absolute Gasteiger partial charge is 2.00 e. The first-order valence-corrected chi connectivity index (χ1v) is 5.73. The molecule has 0 radical (unpaired) electrons. The molecule has 1 aliphatic heterocycles. The summed E-state index contributed by atoms with van der Waals surface area (Å²) < 4.78 is 36.3. The van der Waals surface area contributed by atoms with Gasteiger partial charge >= 0.3 is 48.1 Å². The van der Waals surface area contributed by atoms with Gasteiger partial charge in [-0.15, -0.1) is 0 Å². The summed E-state index contributed by atoms with van der Waals surface area (Å²) in [6, 6.07) is -1.04. The quantitative estimate of drug-likeness (QED) is 0.184. The predicted molar refractivity (Wildman–Crippen MR) is 57.9 cm³/mol. The second-order valence-electron chi connectivity index (χ2n) is 3.25. The molecule has 104 valence electrons. The topological polar surface area (TPSA) is 191 Å². The third-order valence-corrected chi connectivity index (χ3v) is 1.95. The third kappa shape index (κ3) is 8.14. The smallest absolute Gasteiger partial charge is 0.394 e. The Bertz CT molecular complexity index is 312. The summed E-state index contributed by atoms with van der Waals surface area (Å²) in [5.74, 6) is 0. The number of rotatable bonds is 1. The first-order chi connectivity index (χ1) is 7.57. The van der Waals surface area contributed by atoms with Gasteiger partial charge in [0.05, 0.1) is 12.6 Å². The Balaban J connectivity index is 0. The van der Waals surface area contributed by atoms with E-state index in [0.717, 1.165) is 0 Å². The molecule has 5 atom stereocenters. The molecule has 0 spiro atoms. The van der Waals surface area contributed by atoms with Crippen LogP contribution in [-0.4, -0.2) is 113 Å². The molecule has 0 bridgehead atoms. The van der Waals surface area contributed by atoms with Crippen LogP contribution in [0.3, 0.4) is 0 Å². The molecule has 0 aliphatic carbocycles. The molecule has 10 nitrogen and oxygen atoms in total. The van der Waals surface area contributed by atoms with E-state index in [1.807, 2.05) is 0 Å². The summed E-state index contributed by atoms with van der Waals surface area (Å²) in [6.07, 6.45) is -4.85. The predicted octanol–water partition coefficient (Wildman–Crippen LogP) is -4.29. The molecule has 0 aromatic carbocycles. The van der Waals surface area contributed by atoms with Crippen molar-refractivity contribution in [3.05, 3.63) is 0 Å². The number of hydrogen-bond donors (Lipinski definition) is 7. The Kier molecular flexibility index (Phi) is 10.5. The van der Waals surface area contributed by atoms with Crippen molar-refractivity contribution in [2.75, 3.05) is 6.61 Å². The van der Waals surface area contributed by atoms with Crippen molar-refractivity contribution in [3.63, 3.8) is 0 Å². The zero-order chi connectivity index (χ0) is 13.8. The van der Waals surface area contributed by atoms with E-state index in [1.165, 1.54) is 0 Å². The molecule has 1 heterocycles. The third-order valence-electron chi connectivity index (χ3n) is 1.95. The van der Waals surface area contributed by atoms with Crippen LogP contribution in [-0.2, 0) is 15.1 Å². The van der Waals surface area contributed by atoms with Crippen LogP contribution in [0.15, 0.2) is 0 Å². The van der Waals surface area contributed by atoms with Gasteiger partial charge in [0.25, 0.3) is 0 Å². The van der Waals surface area contributed by atoms with Gasteiger partial charge in [-0.3, -0.25) is 9.11 Å². The molecule has 8 N–H and O–H groups in total. The molecule has 0 unspecified atom stereocenters. The SMILES string of the molecule is N[C@@H]1[C@@H](O)[C@H](O)[C@@H](CO)O[C@H]1O.O=S(=O)(O)O.[Ca+2]. The van der Waals surface area contributed by atoms with Crippen LogP contribution in [0.4, 0.5) is 0 Å². The zero-order valence-corrected chi connectivity index (χ0v) is 12.2. The van der Waals surface area contributed by atoms with E-state index in [4.69, 9.17) is 38.2 Å². The van der Waals surface area contributed by atoms with Gasteiger partial charge in [-0.2, -0.15) is 8.42 Å². The van der Waals surface area contributed by atoms with Crippen molar-refractivity contribution in [2.45, 2.75) is 30.6 Å². The molecular weight excluding hydrogens is 302 g/mol. The fourth-order valence-corrected chi connectivity index (χ4v) is 1.12. The maximum absolute atomic E-state index is 9.20. The molecule has 0 aromatic rings. The minimum atomic E-state index is -4.67. The Hall–Kier alpha value is 0.890. The van der Waals surface area contributed by atoms with Gasteiger partial charge in [0.2, 0.25) is 0 Å². The summed E-state index contributed by atoms with van der Waals surface area (Å²) in [4.78, 5) is 0. The summed E-state index contributed by atoms with van der Waals surface area (Å²) in [7, 11) is -4.67. The van der Waals surface area contributed by atoms with E-state index in [9.17, 15) is 10.2 Å². The first-order valence-electron chi connectivity index (χ1n) is 4.34. The molecule has 1 aliphatic rings. The van der Waals surface area contributed by atoms with E-state index in [0.29, 0.717) is 0 Å². The summed E-state index contributed by atoms with van der Waals surface area (Å²) in [6.45, 7) is -0.470. The minimum absolute atomic E-state index is 0. The van der Waals surface area contributed by atoms with Crippen molar-refractivity contribution < 1.29 is 42.7 Å². The van der Waals surface area contributed by atoms with E-state index in [1.54, 1.807) is 0 Å². The number of aliphatic hydroxyl groups excluding tert-OH is 4. The number of nitrogens with two attached hydrogens (primary N) is 1. The van der Waals surface area contributed by atoms with E-state index in [-0.39, 0.29) is 37.7 Å². The average molecular weight is 317 g/mol. The van der Waals surface area contributed by atoms with Crippen LogP contribution >= 0.6 is 0 Å². The van der Waals surface area contributed by atoms with Gasteiger partial charge in [-0.25, -0.2) is 0 Å². The number of hydrogen-bond acceptors (Lipinski definition) is 8.